The number of hydrogen-bond acceptors (Lipinski definition) is 6. The maximum Gasteiger partial charge on any atom is 0.251 e. The van der Waals surface area contributed by atoms with Gasteiger partial charge in [-0.25, -0.2) is 9.67 Å². The average molecular weight is 588 g/mol. The second-order valence-electron chi connectivity index (χ2n) is 10.5. The van der Waals surface area contributed by atoms with Crippen molar-refractivity contribution in [1.82, 2.24) is 29.5 Å². The highest BCUT2D eigenvalue weighted by Gasteiger charge is 2.54. The summed E-state index contributed by atoms with van der Waals surface area (Å²) < 4.78 is 24.4. The van der Waals surface area contributed by atoms with Gasteiger partial charge in [0.15, 0.2) is 5.15 Å². The molecule has 0 saturated heterocycles. The fraction of sp³-hybridized carbons (Fsp3) is 0.172. The van der Waals surface area contributed by atoms with Crippen LogP contribution in [-0.4, -0.2) is 36.1 Å². The molecule has 3 atom stereocenters. The molecule has 3 aliphatic rings. The lowest BCUT2D eigenvalue weighted by Gasteiger charge is -2.21. The van der Waals surface area contributed by atoms with Crippen molar-refractivity contribution in [3.63, 3.8) is 0 Å². The van der Waals surface area contributed by atoms with Gasteiger partial charge in [-0.05, 0) is 60.4 Å². The summed E-state index contributed by atoms with van der Waals surface area (Å²) in [5, 5.41) is 11.9. The molecule has 9 nitrogen and oxygen atoms in total. The van der Waals surface area contributed by atoms with Gasteiger partial charge in [0.25, 0.3) is 5.56 Å². The Labute approximate surface area is 242 Å². The number of H-pyrrole nitrogens is 1. The summed E-state index contributed by atoms with van der Waals surface area (Å²) in [4.78, 5) is 21.0. The van der Waals surface area contributed by atoms with Gasteiger partial charge in [-0.2, -0.15) is 4.39 Å². The number of anilines is 1. The summed E-state index contributed by atoms with van der Waals surface area (Å²) in [7, 11) is 0. The van der Waals surface area contributed by atoms with Crippen LogP contribution in [0.15, 0.2) is 71.8 Å². The Morgan fingerprint density at radius 2 is 1.98 bits per heavy atom. The van der Waals surface area contributed by atoms with Crippen molar-refractivity contribution in [3.05, 3.63) is 105 Å². The lowest BCUT2D eigenvalue weighted by atomic mass is 10.0. The van der Waals surface area contributed by atoms with E-state index in [4.69, 9.17) is 27.9 Å². The SMILES string of the molecule is C=C1COc2cc(-c3nc(F)c(C4C5CC5c5cc(-c6cc(Cl)ccc6-n6cc(Cl)nn6)cc(=O)n54)[nH]3)ccc2N1. The summed E-state index contributed by atoms with van der Waals surface area (Å²) in [5.74, 6) is 0.622. The van der Waals surface area contributed by atoms with E-state index in [1.165, 1.54) is 0 Å². The molecule has 3 unspecified atom stereocenters. The van der Waals surface area contributed by atoms with Crippen LogP contribution in [0.4, 0.5) is 10.1 Å². The molecule has 2 aliphatic heterocycles. The minimum atomic E-state index is -0.621. The third kappa shape index (κ3) is 3.89. The van der Waals surface area contributed by atoms with Crippen molar-refractivity contribution in [2.75, 3.05) is 11.9 Å². The number of nitrogens with zero attached hydrogens (tertiary/aromatic N) is 5. The van der Waals surface area contributed by atoms with Gasteiger partial charge in [-0.1, -0.05) is 35.0 Å². The van der Waals surface area contributed by atoms with Crippen molar-refractivity contribution in [2.45, 2.75) is 18.4 Å². The van der Waals surface area contributed by atoms with Crippen LogP contribution in [0.3, 0.4) is 0 Å². The molecule has 2 aromatic carbocycles. The maximum absolute atomic E-state index is 15.4. The molecule has 5 heterocycles. The summed E-state index contributed by atoms with van der Waals surface area (Å²) in [6.45, 7) is 4.24. The van der Waals surface area contributed by atoms with E-state index in [0.29, 0.717) is 51.3 Å². The van der Waals surface area contributed by atoms with Crippen LogP contribution in [0.1, 0.15) is 29.8 Å². The zero-order valence-electron chi connectivity index (χ0n) is 21.2. The normalized spacial score (nSPS) is 20.2. The molecule has 41 heavy (non-hydrogen) atoms. The first-order chi connectivity index (χ1) is 19.8. The molecule has 2 N–H and O–H groups in total. The highest BCUT2D eigenvalue weighted by molar-refractivity contribution is 6.31. The zero-order valence-corrected chi connectivity index (χ0v) is 22.7. The maximum atomic E-state index is 15.4. The lowest BCUT2D eigenvalue weighted by Crippen LogP contribution is -2.26. The Bertz CT molecular complexity index is 1980. The highest BCUT2D eigenvalue weighted by Crippen LogP contribution is 2.61. The fourth-order valence-electron chi connectivity index (χ4n) is 6.06. The van der Waals surface area contributed by atoms with Crippen LogP contribution >= 0.6 is 23.2 Å². The standard InChI is InChI=1S/C29H20Cl2FN7O2/c1-13-12-41-23-7-14(2-4-20(23)33-13)29-34-26(28(32)35-29)27-19-10-18(19)22-6-15(8-25(40)39(22)27)17-9-16(30)3-5-21(17)38-11-24(31)36-37-38/h2-9,11,18-19,27,33H,1,10,12H2,(H,34,35). The Morgan fingerprint density at radius 1 is 1.10 bits per heavy atom. The van der Waals surface area contributed by atoms with E-state index < -0.39 is 12.0 Å². The molecular formula is C29H20Cl2FN7O2. The number of rotatable bonds is 4. The fourth-order valence-corrected chi connectivity index (χ4v) is 6.36. The molecule has 0 spiro atoms. The molecule has 3 aromatic heterocycles. The minimum Gasteiger partial charge on any atom is -0.485 e. The molecule has 1 fully saturated rings. The lowest BCUT2D eigenvalue weighted by molar-refractivity contribution is 0.347. The Kier molecular flexibility index (Phi) is 5.23. The number of hydrogen-bond donors (Lipinski definition) is 2. The van der Waals surface area contributed by atoms with Crippen LogP contribution in [0, 0.1) is 11.9 Å². The Balaban J connectivity index is 1.19. The number of pyridine rings is 1. The summed E-state index contributed by atoms with van der Waals surface area (Å²) in [6.07, 6.45) is 2.44. The second kappa shape index (κ2) is 8.79. The van der Waals surface area contributed by atoms with E-state index in [2.05, 4.69) is 32.2 Å². The molecule has 12 heteroatoms. The van der Waals surface area contributed by atoms with Crippen LogP contribution in [0.2, 0.25) is 10.2 Å². The third-order valence-electron chi connectivity index (χ3n) is 7.93. The molecule has 0 radical (unpaired) electrons. The van der Waals surface area contributed by atoms with Crippen LogP contribution in [-0.2, 0) is 0 Å². The van der Waals surface area contributed by atoms with Crippen molar-refractivity contribution in [2.24, 2.45) is 5.92 Å². The number of benzene rings is 2. The molecule has 1 aliphatic carbocycles. The van der Waals surface area contributed by atoms with E-state index in [1.807, 2.05) is 24.3 Å². The van der Waals surface area contributed by atoms with Gasteiger partial charge in [-0.3, -0.25) is 4.79 Å². The predicted octanol–water partition coefficient (Wildman–Crippen LogP) is 5.96. The monoisotopic (exact) mass is 587 g/mol. The summed E-state index contributed by atoms with van der Waals surface area (Å²) in [5.41, 5.74) is 5.23. The Morgan fingerprint density at radius 3 is 2.80 bits per heavy atom. The van der Waals surface area contributed by atoms with Gasteiger partial charge in [0, 0.05) is 39.5 Å². The second-order valence-corrected chi connectivity index (χ2v) is 11.3. The first-order valence-corrected chi connectivity index (χ1v) is 13.7. The minimum absolute atomic E-state index is 0.0933. The highest BCUT2D eigenvalue weighted by atomic mass is 35.5. The van der Waals surface area contributed by atoms with Crippen molar-refractivity contribution < 1.29 is 9.13 Å². The largest absolute Gasteiger partial charge is 0.485 e. The van der Waals surface area contributed by atoms with Gasteiger partial charge in [0.1, 0.15) is 18.2 Å². The average Bonchev–Trinajstić information content (AvgIpc) is 3.28. The molecule has 0 bridgehead atoms. The number of aromatic nitrogens is 6. The molecule has 1 saturated carbocycles. The van der Waals surface area contributed by atoms with E-state index in [1.54, 1.807) is 39.7 Å². The molecule has 5 aromatic rings. The number of halogens is 3. The van der Waals surface area contributed by atoms with Crippen LogP contribution < -0.4 is 15.6 Å². The van der Waals surface area contributed by atoms with Gasteiger partial charge in [0.05, 0.1) is 29.3 Å². The van der Waals surface area contributed by atoms with E-state index in [-0.39, 0.29) is 22.5 Å². The predicted molar refractivity (Wildman–Crippen MR) is 152 cm³/mol. The number of imidazole rings is 1. The first-order valence-electron chi connectivity index (χ1n) is 13.0. The van der Waals surface area contributed by atoms with Gasteiger partial charge < -0.3 is 19.6 Å². The number of fused-ring (bicyclic) bond motifs is 4. The van der Waals surface area contributed by atoms with Crippen LogP contribution in [0.25, 0.3) is 28.2 Å². The summed E-state index contributed by atoms with van der Waals surface area (Å²) >= 11 is 12.4. The summed E-state index contributed by atoms with van der Waals surface area (Å²) in [6, 6.07) is 13.9. The smallest absolute Gasteiger partial charge is 0.251 e. The Hall–Kier alpha value is -4.41. The van der Waals surface area contributed by atoms with E-state index >= 15 is 4.39 Å². The molecule has 0 amide bonds. The zero-order chi connectivity index (χ0) is 28.0. The number of nitrogens with one attached hydrogen (secondary N) is 2. The molecule has 8 rings (SSSR count). The van der Waals surface area contributed by atoms with Gasteiger partial charge in [-0.15, -0.1) is 5.10 Å². The third-order valence-corrected chi connectivity index (χ3v) is 8.34. The van der Waals surface area contributed by atoms with Crippen molar-refractivity contribution in [3.8, 4) is 34.0 Å². The van der Waals surface area contributed by atoms with E-state index in [0.717, 1.165) is 23.5 Å². The van der Waals surface area contributed by atoms with Gasteiger partial charge >= 0.3 is 0 Å². The molecule has 204 valence electrons. The first kappa shape index (κ1) is 24.4. The van der Waals surface area contributed by atoms with Crippen molar-refractivity contribution in [1.29, 1.82) is 0 Å². The number of aromatic amines is 1. The number of ether oxygens (including phenoxy) is 1. The van der Waals surface area contributed by atoms with Crippen molar-refractivity contribution >= 4 is 28.9 Å². The van der Waals surface area contributed by atoms with E-state index in [9.17, 15) is 4.79 Å². The topological polar surface area (TPSA) is 103 Å². The van der Waals surface area contributed by atoms with Gasteiger partial charge in [0.2, 0.25) is 5.95 Å². The molecular weight excluding hydrogens is 568 g/mol. The van der Waals surface area contributed by atoms with Crippen LogP contribution in [0.5, 0.6) is 5.75 Å². The quantitative estimate of drug-likeness (QED) is 0.269.